The number of fused-ring (bicyclic) bond motifs is 2. The van der Waals surface area contributed by atoms with E-state index in [1.807, 2.05) is 24.3 Å². The molecule has 0 radical (unpaired) electrons. The van der Waals surface area contributed by atoms with E-state index in [4.69, 9.17) is 9.72 Å². The number of pyridine rings is 3. The molecule has 0 aliphatic carbocycles. The highest BCUT2D eigenvalue weighted by Gasteiger charge is 2.16. The van der Waals surface area contributed by atoms with Crippen LogP contribution in [0.5, 0.6) is 5.88 Å². The van der Waals surface area contributed by atoms with Gasteiger partial charge in [0.2, 0.25) is 11.8 Å². The topological polar surface area (TPSA) is 102 Å². The number of methoxy groups -OCH3 is 1. The SMILES string of the molecule is COc1ccc2nccc(-c3csc(CCNCc4ccc5c(n4)NC(=O)CS5)n3)c2n1. The molecule has 0 aromatic carbocycles. The molecule has 8 nitrogen and oxygen atoms in total. The molecule has 1 aliphatic rings. The first kappa shape index (κ1) is 20.8. The molecule has 5 heterocycles. The molecule has 4 aromatic rings. The van der Waals surface area contributed by atoms with Gasteiger partial charge in [-0.3, -0.25) is 9.78 Å². The van der Waals surface area contributed by atoms with E-state index in [1.165, 1.54) is 11.8 Å². The van der Waals surface area contributed by atoms with Gasteiger partial charge in [-0.25, -0.2) is 15.0 Å². The van der Waals surface area contributed by atoms with Crippen molar-refractivity contribution in [2.75, 3.05) is 24.7 Å². The predicted molar refractivity (Wildman–Crippen MR) is 126 cm³/mol. The summed E-state index contributed by atoms with van der Waals surface area (Å²) in [5.74, 6) is 1.65. The summed E-state index contributed by atoms with van der Waals surface area (Å²) in [6.45, 7) is 1.40. The molecule has 4 aromatic heterocycles. The molecular weight excluding hydrogens is 444 g/mol. The number of thiazole rings is 1. The highest BCUT2D eigenvalue weighted by atomic mass is 32.2. The first-order valence-electron chi connectivity index (χ1n) is 10.1. The van der Waals surface area contributed by atoms with Gasteiger partial charge in [-0.1, -0.05) is 0 Å². The number of carbonyl (C=O) groups excluding carboxylic acids is 1. The smallest absolute Gasteiger partial charge is 0.235 e. The Bertz CT molecular complexity index is 1290. The summed E-state index contributed by atoms with van der Waals surface area (Å²) in [6.07, 6.45) is 2.58. The van der Waals surface area contributed by atoms with Crippen LogP contribution in [0.2, 0.25) is 0 Å². The number of thioether (sulfide) groups is 1. The fourth-order valence-corrected chi connectivity index (χ4v) is 4.95. The summed E-state index contributed by atoms with van der Waals surface area (Å²) in [5, 5.41) is 9.33. The number of nitrogens with one attached hydrogen (secondary N) is 2. The van der Waals surface area contributed by atoms with Gasteiger partial charge in [0, 0.05) is 42.7 Å². The highest BCUT2D eigenvalue weighted by molar-refractivity contribution is 8.00. The second-order valence-electron chi connectivity index (χ2n) is 7.12. The van der Waals surface area contributed by atoms with Crippen LogP contribution < -0.4 is 15.4 Å². The van der Waals surface area contributed by atoms with Gasteiger partial charge in [0.05, 0.1) is 39.7 Å². The maximum absolute atomic E-state index is 11.6. The van der Waals surface area contributed by atoms with Crippen molar-refractivity contribution < 1.29 is 9.53 Å². The summed E-state index contributed by atoms with van der Waals surface area (Å²) in [5.41, 5.74) is 4.33. The molecule has 0 atom stereocenters. The molecule has 0 saturated heterocycles. The minimum absolute atomic E-state index is 0.00435. The van der Waals surface area contributed by atoms with Crippen molar-refractivity contribution in [1.29, 1.82) is 0 Å². The number of anilines is 1. The van der Waals surface area contributed by atoms with Gasteiger partial charge in [-0.15, -0.1) is 23.1 Å². The van der Waals surface area contributed by atoms with E-state index in [-0.39, 0.29) is 5.91 Å². The summed E-state index contributed by atoms with van der Waals surface area (Å²) in [4.78, 5) is 30.9. The molecule has 1 aliphatic heterocycles. The Morgan fingerprint density at radius 2 is 2.09 bits per heavy atom. The van der Waals surface area contributed by atoms with Gasteiger partial charge in [0.1, 0.15) is 11.3 Å². The van der Waals surface area contributed by atoms with E-state index >= 15 is 0 Å². The third-order valence-corrected chi connectivity index (χ3v) is 6.90. The predicted octanol–water partition coefficient (Wildman–Crippen LogP) is 3.53. The Morgan fingerprint density at radius 3 is 3.00 bits per heavy atom. The van der Waals surface area contributed by atoms with E-state index in [0.29, 0.717) is 24.0 Å². The molecule has 162 valence electrons. The number of carbonyl (C=O) groups is 1. The normalized spacial score (nSPS) is 13.1. The molecule has 10 heteroatoms. The first-order valence-corrected chi connectivity index (χ1v) is 11.9. The number of amides is 1. The zero-order chi connectivity index (χ0) is 21.9. The maximum atomic E-state index is 11.6. The van der Waals surface area contributed by atoms with Crippen LogP contribution in [-0.4, -0.2) is 45.3 Å². The number of aromatic nitrogens is 4. The number of hydrogen-bond acceptors (Lipinski definition) is 9. The number of rotatable bonds is 7. The molecule has 0 spiro atoms. The molecule has 0 fully saturated rings. The summed E-state index contributed by atoms with van der Waals surface area (Å²) < 4.78 is 5.26. The Hall–Kier alpha value is -3.08. The van der Waals surface area contributed by atoms with E-state index in [9.17, 15) is 4.79 Å². The average molecular weight is 465 g/mol. The van der Waals surface area contributed by atoms with E-state index in [0.717, 1.165) is 50.9 Å². The summed E-state index contributed by atoms with van der Waals surface area (Å²) >= 11 is 3.15. The fraction of sp³-hybridized carbons (Fsp3) is 0.227. The zero-order valence-electron chi connectivity index (χ0n) is 17.3. The van der Waals surface area contributed by atoms with Crippen molar-refractivity contribution in [3.8, 4) is 17.1 Å². The summed E-state index contributed by atoms with van der Waals surface area (Å²) in [6, 6.07) is 9.65. The van der Waals surface area contributed by atoms with E-state index in [2.05, 4.69) is 31.0 Å². The number of ether oxygens (including phenoxy) is 1. The van der Waals surface area contributed by atoms with Crippen molar-refractivity contribution in [2.45, 2.75) is 17.9 Å². The third kappa shape index (κ3) is 4.43. The number of hydrogen-bond donors (Lipinski definition) is 2. The minimum atomic E-state index is -0.00435. The Morgan fingerprint density at radius 1 is 1.16 bits per heavy atom. The van der Waals surface area contributed by atoms with Crippen molar-refractivity contribution in [3.63, 3.8) is 0 Å². The van der Waals surface area contributed by atoms with Gasteiger partial charge < -0.3 is 15.4 Å². The van der Waals surface area contributed by atoms with Crippen LogP contribution in [-0.2, 0) is 17.8 Å². The molecular formula is C22H20N6O2S2. The third-order valence-electron chi connectivity index (χ3n) is 4.95. The van der Waals surface area contributed by atoms with Crippen molar-refractivity contribution >= 4 is 45.9 Å². The number of nitrogens with zero attached hydrogens (tertiary/aromatic N) is 4. The monoisotopic (exact) mass is 464 g/mol. The van der Waals surface area contributed by atoms with E-state index in [1.54, 1.807) is 30.7 Å². The second kappa shape index (κ2) is 9.19. The Labute approximate surface area is 192 Å². The quantitative estimate of drug-likeness (QED) is 0.401. The lowest BCUT2D eigenvalue weighted by Gasteiger charge is -2.15. The van der Waals surface area contributed by atoms with Gasteiger partial charge in [-0.05, 0) is 24.3 Å². The van der Waals surface area contributed by atoms with Crippen LogP contribution in [0.4, 0.5) is 5.82 Å². The van der Waals surface area contributed by atoms with Crippen LogP contribution in [0.15, 0.2) is 46.8 Å². The lowest BCUT2D eigenvalue weighted by molar-refractivity contribution is -0.113. The average Bonchev–Trinajstić information content (AvgIpc) is 3.29. The molecule has 5 rings (SSSR count). The van der Waals surface area contributed by atoms with Gasteiger partial charge in [-0.2, -0.15) is 0 Å². The molecule has 2 N–H and O–H groups in total. The van der Waals surface area contributed by atoms with Crippen molar-refractivity contribution in [1.82, 2.24) is 25.3 Å². The minimum Gasteiger partial charge on any atom is -0.481 e. The fourth-order valence-electron chi connectivity index (χ4n) is 3.39. The van der Waals surface area contributed by atoms with E-state index < -0.39 is 0 Å². The Kier molecular flexibility index (Phi) is 5.97. The largest absolute Gasteiger partial charge is 0.481 e. The van der Waals surface area contributed by atoms with Crippen molar-refractivity contribution in [2.24, 2.45) is 0 Å². The molecule has 1 amide bonds. The van der Waals surface area contributed by atoms with Crippen LogP contribution in [0.25, 0.3) is 22.3 Å². The molecule has 0 unspecified atom stereocenters. The van der Waals surface area contributed by atoms with Gasteiger partial charge in [0.25, 0.3) is 0 Å². The Balaban J connectivity index is 1.22. The van der Waals surface area contributed by atoms with Crippen molar-refractivity contribution in [3.05, 3.63) is 52.6 Å². The van der Waals surface area contributed by atoms with Crippen LogP contribution in [0.1, 0.15) is 10.7 Å². The van der Waals surface area contributed by atoms with Crippen LogP contribution in [0, 0.1) is 0 Å². The lowest BCUT2D eigenvalue weighted by atomic mass is 10.1. The lowest BCUT2D eigenvalue weighted by Crippen LogP contribution is -2.21. The highest BCUT2D eigenvalue weighted by Crippen LogP contribution is 2.30. The molecule has 0 saturated carbocycles. The second-order valence-corrected chi connectivity index (χ2v) is 9.08. The van der Waals surface area contributed by atoms with Gasteiger partial charge in [0.15, 0.2) is 0 Å². The zero-order valence-corrected chi connectivity index (χ0v) is 18.9. The molecule has 0 bridgehead atoms. The standard InChI is InChI=1S/C22H20N6O2S2/c1-30-19-5-3-15-21(28-19)14(6-9-24-15)16-11-32-20(26-16)7-8-23-10-13-2-4-17-22(25-13)27-18(29)12-31-17/h2-6,9,11,23H,7-8,10,12H2,1H3,(H,25,27,29). The first-order chi connectivity index (χ1) is 15.7. The summed E-state index contributed by atoms with van der Waals surface area (Å²) in [7, 11) is 1.60. The van der Waals surface area contributed by atoms with Gasteiger partial charge >= 0.3 is 0 Å². The van der Waals surface area contributed by atoms with Crippen LogP contribution in [0.3, 0.4) is 0 Å². The van der Waals surface area contributed by atoms with Crippen LogP contribution >= 0.6 is 23.1 Å². The molecule has 32 heavy (non-hydrogen) atoms. The maximum Gasteiger partial charge on any atom is 0.235 e.